The number of carbonyl (C=O) groups excluding carboxylic acids is 2. The number of rotatable bonds is 7. The fraction of sp³-hybridized carbons (Fsp3) is 0.333. The number of para-hydroxylation sites is 1. The maximum atomic E-state index is 12.5. The highest BCUT2D eigenvalue weighted by Crippen LogP contribution is 2.14. The van der Waals surface area contributed by atoms with E-state index in [0.717, 1.165) is 5.56 Å². The molecule has 0 saturated carbocycles. The van der Waals surface area contributed by atoms with Crippen molar-refractivity contribution >= 4 is 11.9 Å². The quantitative estimate of drug-likeness (QED) is 0.731. The minimum atomic E-state index is -0.861. The first-order chi connectivity index (χ1) is 12.7. The van der Waals surface area contributed by atoms with E-state index in [1.807, 2.05) is 18.2 Å². The molecule has 0 aliphatic heterocycles. The summed E-state index contributed by atoms with van der Waals surface area (Å²) in [4.78, 5) is 24.8. The molecule has 0 aliphatic carbocycles. The van der Waals surface area contributed by atoms with Crippen LogP contribution in [-0.4, -0.2) is 35.2 Å². The number of phenolic OH excluding ortho intramolecular Hbond substituents is 1. The number of hydrogen-bond acceptors (Lipinski definition) is 5. The Morgan fingerprint density at radius 2 is 1.67 bits per heavy atom. The van der Waals surface area contributed by atoms with Gasteiger partial charge in [0.1, 0.15) is 23.1 Å². The molecule has 0 bridgehead atoms. The van der Waals surface area contributed by atoms with Crippen LogP contribution in [0, 0.1) is 0 Å². The van der Waals surface area contributed by atoms with Crippen LogP contribution in [0.1, 0.15) is 26.3 Å². The van der Waals surface area contributed by atoms with Crippen LogP contribution in [0.5, 0.6) is 11.5 Å². The molecule has 0 heterocycles. The van der Waals surface area contributed by atoms with Crippen molar-refractivity contribution < 1.29 is 24.2 Å². The fourth-order valence-corrected chi connectivity index (χ4v) is 2.34. The molecule has 1 amide bonds. The molecule has 144 valence electrons. The molecular weight excluding hydrogens is 346 g/mol. The van der Waals surface area contributed by atoms with E-state index in [1.165, 1.54) is 12.1 Å². The summed E-state index contributed by atoms with van der Waals surface area (Å²) in [5.74, 6) is -0.245. The molecule has 2 rings (SSSR count). The highest BCUT2D eigenvalue weighted by Gasteiger charge is 2.27. The van der Waals surface area contributed by atoms with Crippen molar-refractivity contribution in [3.05, 3.63) is 60.2 Å². The molecule has 1 atom stereocenters. The van der Waals surface area contributed by atoms with E-state index in [9.17, 15) is 14.7 Å². The topological polar surface area (TPSA) is 84.9 Å². The Morgan fingerprint density at radius 1 is 1.04 bits per heavy atom. The normalized spacial score (nSPS) is 12.1. The van der Waals surface area contributed by atoms with Gasteiger partial charge in [-0.25, -0.2) is 4.79 Å². The summed E-state index contributed by atoms with van der Waals surface area (Å²) in [7, 11) is 0. The lowest BCUT2D eigenvalue weighted by atomic mass is 10.1. The highest BCUT2D eigenvalue weighted by molar-refractivity contribution is 5.85. The van der Waals surface area contributed by atoms with Crippen molar-refractivity contribution in [3.63, 3.8) is 0 Å². The molecule has 0 unspecified atom stereocenters. The number of benzene rings is 2. The lowest BCUT2D eigenvalue weighted by molar-refractivity contribution is -0.158. The van der Waals surface area contributed by atoms with Gasteiger partial charge < -0.3 is 19.9 Å². The number of amides is 1. The SMILES string of the molecule is CC(C)(C)OC(=O)[C@H](Cc1ccc(O)cc1)NC(=O)COc1ccccc1. The van der Waals surface area contributed by atoms with E-state index < -0.39 is 23.5 Å². The third kappa shape index (κ3) is 7.40. The van der Waals surface area contributed by atoms with Gasteiger partial charge in [-0.05, 0) is 50.6 Å². The predicted molar refractivity (Wildman–Crippen MR) is 102 cm³/mol. The van der Waals surface area contributed by atoms with E-state index >= 15 is 0 Å². The second-order valence-corrected chi connectivity index (χ2v) is 7.13. The van der Waals surface area contributed by atoms with Crippen LogP contribution in [-0.2, 0) is 20.7 Å². The van der Waals surface area contributed by atoms with E-state index in [4.69, 9.17) is 9.47 Å². The van der Waals surface area contributed by atoms with E-state index in [1.54, 1.807) is 45.0 Å². The fourth-order valence-electron chi connectivity index (χ4n) is 2.34. The number of phenols is 1. The Kier molecular flexibility index (Phi) is 6.82. The molecule has 27 heavy (non-hydrogen) atoms. The number of esters is 1. The smallest absolute Gasteiger partial charge is 0.329 e. The molecule has 0 fully saturated rings. The van der Waals surface area contributed by atoms with Crippen LogP contribution < -0.4 is 10.1 Å². The molecule has 2 aromatic carbocycles. The minimum absolute atomic E-state index is 0.132. The Bertz CT molecular complexity index is 750. The average molecular weight is 371 g/mol. The number of nitrogens with one attached hydrogen (secondary N) is 1. The maximum absolute atomic E-state index is 12.5. The van der Waals surface area contributed by atoms with Crippen LogP contribution in [0.2, 0.25) is 0 Å². The van der Waals surface area contributed by atoms with Gasteiger partial charge >= 0.3 is 5.97 Å². The van der Waals surface area contributed by atoms with Crippen molar-refractivity contribution in [1.29, 1.82) is 0 Å². The van der Waals surface area contributed by atoms with Crippen molar-refractivity contribution in [2.75, 3.05) is 6.61 Å². The molecular formula is C21H25NO5. The zero-order valence-electron chi connectivity index (χ0n) is 15.8. The molecule has 0 aromatic heterocycles. The third-order valence-corrected chi connectivity index (χ3v) is 3.52. The molecule has 6 heteroatoms. The number of carbonyl (C=O) groups is 2. The largest absolute Gasteiger partial charge is 0.508 e. The molecule has 2 N–H and O–H groups in total. The molecule has 2 aromatic rings. The van der Waals surface area contributed by atoms with Crippen LogP contribution in [0.3, 0.4) is 0 Å². The number of aromatic hydroxyl groups is 1. The van der Waals surface area contributed by atoms with Gasteiger partial charge in [0.2, 0.25) is 0 Å². The monoisotopic (exact) mass is 371 g/mol. The van der Waals surface area contributed by atoms with Crippen LogP contribution in [0.25, 0.3) is 0 Å². The van der Waals surface area contributed by atoms with Crippen molar-refractivity contribution in [1.82, 2.24) is 5.32 Å². The summed E-state index contributed by atoms with van der Waals surface area (Å²) < 4.78 is 10.8. The minimum Gasteiger partial charge on any atom is -0.508 e. The van der Waals surface area contributed by atoms with Crippen molar-refractivity contribution in [2.24, 2.45) is 0 Å². The summed E-state index contributed by atoms with van der Waals surface area (Å²) in [6.07, 6.45) is 0.242. The van der Waals surface area contributed by atoms with E-state index in [2.05, 4.69) is 5.32 Å². The van der Waals surface area contributed by atoms with Gasteiger partial charge in [-0.1, -0.05) is 30.3 Å². The number of ether oxygens (including phenoxy) is 2. The lowest BCUT2D eigenvalue weighted by Crippen LogP contribution is -2.47. The van der Waals surface area contributed by atoms with Gasteiger partial charge in [0.25, 0.3) is 5.91 Å². The third-order valence-electron chi connectivity index (χ3n) is 3.52. The molecule has 0 radical (unpaired) electrons. The number of hydrogen-bond donors (Lipinski definition) is 2. The Labute approximate surface area is 159 Å². The molecule has 6 nitrogen and oxygen atoms in total. The predicted octanol–water partition coefficient (Wildman–Crippen LogP) is 2.84. The summed E-state index contributed by atoms with van der Waals surface area (Å²) in [5.41, 5.74) is 0.114. The first-order valence-corrected chi connectivity index (χ1v) is 8.71. The Morgan fingerprint density at radius 3 is 2.26 bits per heavy atom. The first-order valence-electron chi connectivity index (χ1n) is 8.71. The van der Waals surface area contributed by atoms with E-state index in [-0.39, 0.29) is 18.8 Å². The zero-order valence-corrected chi connectivity index (χ0v) is 15.8. The van der Waals surface area contributed by atoms with Crippen molar-refractivity contribution in [2.45, 2.75) is 38.8 Å². The average Bonchev–Trinajstić information content (AvgIpc) is 2.60. The van der Waals surface area contributed by atoms with Crippen molar-refractivity contribution in [3.8, 4) is 11.5 Å². The van der Waals surface area contributed by atoms with Gasteiger partial charge in [-0.15, -0.1) is 0 Å². The standard InChI is InChI=1S/C21H25NO5/c1-21(2,3)27-20(25)18(13-15-9-11-16(23)12-10-15)22-19(24)14-26-17-7-5-4-6-8-17/h4-12,18,23H,13-14H2,1-3H3,(H,22,24)/t18-/m0/s1. The van der Waals surface area contributed by atoms with Gasteiger partial charge in [-0.2, -0.15) is 0 Å². The van der Waals surface area contributed by atoms with Gasteiger partial charge in [0, 0.05) is 6.42 Å². The zero-order chi connectivity index (χ0) is 19.9. The maximum Gasteiger partial charge on any atom is 0.329 e. The van der Waals surface area contributed by atoms with Gasteiger partial charge in [0.05, 0.1) is 0 Å². The van der Waals surface area contributed by atoms with Crippen LogP contribution >= 0.6 is 0 Å². The van der Waals surface area contributed by atoms with Crippen LogP contribution in [0.4, 0.5) is 0 Å². The summed E-state index contributed by atoms with van der Waals surface area (Å²) in [6, 6.07) is 14.5. The first kappa shape index (κ1) is 20.3. The Hall–Kier alpha value is -3.02. The Balaban J connectivity index is 2.02. The highest BCUT2D eigenvalue weighted by atomic mass is 16.6. The molecule has 0 aliphatic rings. The second kappa shape index (κ2) is 9.07. The summed E-state index contributed by atoms with van der Waals surface area (Å²) in [6.45, 7) is 5.09. The van der Waals surface area contributed by atoms with Crippen LogP contribution in [0.15, 0.2) is 54.6 Å². The van der Waals surface area contributed by atoms with Gasteiger partial charge in [-0.3, -0.25) is 4.79 Å². The lowest BCUT2D eigenvalue weighted by Gasteiger charge is -2.24. The summed E-state index contributed by atoms with van der Waals surface area (Å²) >= 11 is 0. The summed E-state index contributed by atoms with van der Waals surface area (Å²) in [5, 5.41) is 12.1. The van der Waals surface area contributed by atoms with Gasteiger partial charge in [0.15, 0.2) is 6.61 Å². The second-order valence-electron chi connectivity index (χ2n) is 7.13. The molecule has 0 spiro atoms. The molecule has 0 saturated heterocycles. The van der Waals surface area contributed by atoms with E-state index in [0.29, 0.717) is 5.75 Å².